The molecule has 96 valence electrons. The summed E-state index contributed by atoms with van der Waals surface area (Å²) in [6.07, 6.45) is 0. The van der Waals surface area contributed by atoms with Crippen molar-refractivity contribution in [3.63, 3.8) is 0 Å². The van der Waals surface area contributed by atoms with Crippen molar-refractivity contribution in [3.8, 4) is 23.3 Å². The van der Waals surface area contributed by atoms with Gasteiger partial charge in [0.15, 0.2) is 11.5 Å². The summed E-state index contributed by atoms with van der Waals surface area (Å²) in [5.74, 6) is 1.85. The first-order valence-corrected chi connectivity index (χ1v) is 5.98. The molecule has 0 aliphatic rings. The maximum absolute atomic E-state index is 9.13. The van der Waals surface area contributed by atoms with E-state index in [2.05, 4.69) is 6.07 Å². The molecular weight excluding hydrogens is 238 g/mol. The van der Waals surface area contributed by atoms with Crippen LogP contribution >= 0.6 is 0 Å². The van der Waals surface area contributed by atoms with Crippen LogP contribution in [0.15, 0.2) is 36.4 Å². The molecule has 2 aromatic rings. The molecule has 3 heteroatoms. The molecule has 0 radical (unpaired) electrons. The number of benzene rings is 2. The fraction of sp³-hybridized carbons (Fsp3) is 0.188. The molecular formula is C16H15NO2. The number of nitriles is 1. The fourth-order valence-electron chi connectivity index (χ4n) is 1.85. The second kappa shape index (κ2) is 5.45. The van der Waals surface area contributed by atoms with Gasteiger partial charge in [-0.2, -0.15) is 5.26 Å². The molecule has 2 aromatic carbocycles. The Hall–Kier alpha value is -2.47. The zero-order chi connectivity index (χ0) is 13.8. The highest BCUT2D eigenvalue weighted by atomic mass is 16.5. The highest BCUT2D eigenvalue weighted by molar-refractivity contribution is 5.52. The molecule has 3 nitrogen and oxygen atoms in total. The van der Waals surface area contributed by atoms with E-state index in [1.165, 1.54) is 0 Å². The van der Waals surface area contributed by atoms with Crippen LogP contribution in [-0.2, 0) is 0 Å². The number of hydrogen-bond donors (Lipinski definition) is 0. The summed E-state index contributed by atoms with van der Waals surface area (Å²) in [5.41, 5.74) is 2.53. The van der Waals surface area contributed by atoms with Crippen molar-refractivity contribution in [2.24, 2.45) is 0 Å². The van der Waals surface area contributed by atoms with Gasteiger partial charge in [-0.05, 0) is 43.2 Å². The standard InChI is InChI=1S/C16H15NO2/c1-11-7-8-14(15(9-11)18-3)19-16-12(2)5-4-6-13(16)10-17/h4-9H,1-3H3. The van der Waals surface area contributed by atoms with Gasteiger partial charge in [0, 0.05) is 0 Å². The molecule has 0 spiro atoms. The third-order valence-corrected chi connectivity index (χ3v) is 2.86. The third kappa shape index (κ3) is 2.69. The summed E-state index contributed by atoms with van der Waals surface area (Å²) in [6, 6.07) is 13.3. The van der Waals surface area contributed by atoms with Gasteiger partial charge >= 0.3 is 0 Å². The Kier molecular flexibility index (Phi) is 3.72. The van der Waals surface area contributed by atoms with Crippen LogP contribution < -0.4 is 9.47 Å². The molecule has 0 unspecified atom stereocenters. The molecule has 19 heavy (non-hydrogen) atoms. The van der Waals surface area contributed by atoms with Gasteiger partial charge in [-0.1, -0.05) is 18.2 Å². The average molecular weight is 253 g/mol. The number of hydrogen-bond acceptors (Lipinski definition) is 3. The zero-order valence-corrected chi connectivity index (χ0v) is 11.2. The van der Waals surface area contributed by atoms with Crippen LogP contribution in [0.4, 0.5) is 0 Å². The van der Waals surface area contributed by atoms with Gasteiger partial charge in [0.1, 0.15) is 11.8 Å². The van der Waals surface area contributed by atoms with E-state index in [0.717, 1.165) is 11.1 Å². The van der Waals surface area contributed by atoms with Crippen LogP contribution in [0.1, 0.15) is 16.7 Å². The van der Waals surface area contributed by atoms with E-state index in [1.807, 2.05) is 44.2 Å². The summed E-state index contributed by atoms with van der Waals surface area (Å²) in [7, 11) is 1.60. The minimum atomic E-state index is 0.516. The Morgan fingerprint density at radius 1 is 1.05 bits per heavy atom. The van der Waals surface area contributed by atoms with E-state index >= 15 is 0 Å². The summed E-state index contributed by atoms with van der Waals surface area (Å²) >= 11 is 0. The molecule has 0 atom stereocenters. The lowest BCUT2D eigenvalue weighted by atomic mass is 10.1. The molecule has 0 amide bonds. The molecule has 2 rings (SSSR count). The maximum atomic E-state index is 9.13. The quantitative estimate of drug-likeness (QED) is 0.831. The van der Waals surface area contributed by atoms with E-state index in [0.29, 0.717) is 22.8 Å². The second-order valence-corrected chi connectivity index (χ2v) is 4.32. The number of ether oxygens (including phenoxy) is 2. The molecule has 0 saturated carbocycles. The fourth-order valence-corrected chi connectivity index (χ4v) is 1.85. The number of aryl methyl sites for hydroxylation is 2. The van der Waals surface area contributed by atoms with Crippen LogP contribution in [0.2, 0.25) is 0 Å². The van der Waals surface area contributed by atoms with Gasteiger partial charge in [0.05, 0.1) is 12.7 Å². The van der Waals surface area contributed by atoms with Crippen molar-refractivity contribution < 1.29 is 9.47 Å². The van der Waals surface area contributed by atoms with E-state index < -0.39 is 0 Å². The Balaban J connectivity index is 2.45. The monoisotopic (exact) mass is 253 g/mol. The lowest BCUT2D eigenvalue weighted by molar-refractivity contribution is 0.377. The molecule has 0 saturated heterocycles. The Morgan fingerprint density at radius 3 is 2.53 bits per heavy atom. The van der Waals surface area contributed by atoms with Gasteiger partial charge in [-0.25, -0.2) is 0 Å². The second-order valence-electron chi connectivity index (χ2n) is 4.32. The van der Waals surface area contributed by atoms with Crippen molar-refractivity contribution in [2.75, 3.05) is 7.11 Å². The molecule has 0 aromatic heterocycles. The number of rotatable bonds is 3. The highest BCUT2D eigenvalue weighted by Gasteiger charge is 2.11. The van der Waals surface area contributed by atoms with Gasteiger partial charge in [0.2, 0.25) is 0 Å². The third-order valence-electron chi connectivity index (χ3n) is 2.86. The number of para-hydroxylation sites is 1. The largest absolute Gasteiger partial charge is 0.493 e. The molecule has 0 fully saturated rings. The van der Waals surface area contributed by atoms with Crippen molar-refractivity contribution >= 4 is 0 Å². The smallest absolute Gasteiger partial charge is 0.169 e. The molecule has 0 heterocycles. The van der Waals surface area contributed by atoms with Crippen molar-refractivity contribution in [1.82, 2.24) is 0 Å². The molecule has 0 N–H and O–H groups in total. The minimum Gasteiger partial charge on any atom is -0.493 e. The van der Waals surface area contributed by atoms with Gasteiger partial charge < -0.3 is 9.47 Å². The Morgan fingerprint density at radius 2 is 1.84 bits per heavy atom. The zero-order valence-electron chi connectivity index (χ0n) is 11.2. The maximum Gasteiger partial charge on any atom is 0.169 e. The van der Waals surface area contributed by atoms with Gasteiger partial charge in [-0.3, -0.25) is 0 Å². The van der Waals surface area contributed by atoms with Crippen LogP contribution in [0.3, 0.4) is 0 Å². The molecule has 0 aliphatic carbocycles. The van der Waals surface area contributed by atoms with Crippen LogP contribution in [0.25, 0.3) is 0 Å². The summed E-state index contributed by atoms with van der Waals surface area (Å²) in [5, 5.41) is 9.13. The minimum absolute atomic E-state index is 0.516. The van der Waals surface area contributed by atoms with E-state index in [9.17, 15) is 0 Å². The first kappa shape index (κ1) is 13.0. The van der Waals surface area contributed by atoms with Crippen LogP contribution in [0.5, 0.6) is 17.2 Å². The van der Waals surface area contributed by atoms with E-state index in [4.69, 9.17) is 14.7 Å². The topological polar surface area (TPSA) is 42.2 Å². The van der Waals surface area contributed by atoms with Gasteiger partial charge in [-0.15, -0.1) is 0 Å². The van der Waals surface area contributed by atoms with E-state index in [1.54, 1.807) is 13.2 Å². The van der Waals surface area contributed by atoms with Crippen molar-refractivity contribution in [1.29, 1.82) is 5.26 Å². The first-order valence-electron chi connectivity index (χ1n) is 5.98. The number of methoxy groups -OCH3 is 1. The lowest BCUT2D eigenvalue weighted by Gasteiger charge is -2.13. The average Bonchev–Trinajstić information content (AvgIpc) is 2.42. The van der Waals surface area contributed by atoms with E-state index in [-0.39, 0.29) is 0 Å². The summed E-state index contributed by atoms with van der Waals surface area (Å²) in [6.45, 7) is 3.90. The number of nitrogens with zero attached hydrogens (tertiary/aromatic N) is 1. The molecule has 0 aliphatic heterocycles. The summed E-state index contributed by atoms with van der Waals surface area (Å²) in [4.78, 5) is 0. The van der Waals surface area contributed by atoms with Crippen molar-refractivity contribution in [2.45, 2.75) is 13.8 Å². The van der Waals surface area contributed by atoms with Crippen LogP contribution in [0, 0.1) is 25.2 Å². The highest BCUT2D eigenvalue weighted by Crippen LogP contribution is 2.35. The normalized spacial score (nSPS) is 9.79. The Labute approximate surface area is 113 Å². The van der Waals surface area contributed by atoms with Crippen LogP contribution in [-0.4, -0.2) is 7.11 Å². The Bertz CT molecular complexity index is 642. The van der Waals surface area contributed by atoms with Gasteiger partial charge in [0.25, 0.3) is 0 Å². The molecule has 0 bridgehead atoms. The summed E-state index contributed by atoms with van der Waals surface area (Å²) < 4.78 is 11.2. The SMILES string of the molecule is COc1cc(C)ccc1Oc1c(C)cccc1C#N. The van der Waals surface area contributed by atoms with Crippen molar-refractivity contribution in [3.05, 3.63) is 53.1 Å². The predicted molar refractivity (Wildman–Crippen MR) is 73.7 cm³/mol. The first-order chi connectivity index (χ1) is 9.15. The predicted octanol–water partition coefficient (Wildman–Crippen LogP) is 3.98. The lowest BCUT2D eigenvalue weighted by Crippen LogP contribution is -1.94.